The van der Waals surface area contributed by atoms with Gasteiger partial charge in [-0.25, -0.2) is 0 Å². The van der Waals surface area contributed by atoms with Crippen LogP contribution in [0.15, 0.2) is 0 Å². The highest BCUT2D eigenvalue weighted by Crippen LogP contribution is 2.26. The van der Waals surface area contributed by atoms with Crippen LogP contribution in [0.4, 0.5) is 0 Å². The molecule has 0 fully saturated rings. The Bertz CT molecular complexity index is 656. The molecule has 0 aliphatic carbocycles. The Morgan fingerprint density at radius 1 is 0.730 bits per heavy atom. The first-order valence-corrected chi connectivity index (χ1v) is 14.2. The predicted molar refractivity (Wildman–Crippen MR) is 153 cm³/mol. The zero-order valence-electron chi connectivity index (χ0n) is 26.1. The van der Waals surface area contributed by atoms with E-state index in [1.807, 2.05) is 13.8 Å². The maximum absolute atomic E-state index is 12.6. The number of hydrogen-bond donors (Lipinski definition) is 2. The highest BCUT2D eigenvalue weighted by atomic mass is 16.5. The largest absolute Gasteiger partial charge is 0.380 e. The molecule has 0 rings (SSSR count). The molecule has 0 aromatic carbocycles. The van der Waals surface area contributed by atoms with E-state index in [0.717, 1.165) is 19.3 Å². The van der Waals surface area contributed by atoms with Crippen molar-refractivity contribution in [1.29, 1.82) is 0 Å². The summed E-state index contributed by atoms with van der Waals surface area (Å²) in [6, 6.07) is 0. The van der Waals surface area contributed by atoms with Crippen molar-refractivity contribution in [2.75, 3.05) is 52.7 Å². The van der Waals surface area contributed by atoms with Crippen molar-refractivity contribution in [3.05, 3.63) is 0 Å². The third-order valence-electron chi connectivity index (χ3n) is 6.26. The number of carbonyl (C=O) groups excluding carboxylic acids is 2. The minimum atomic E-state index is -0.578. The number of hydrogen-bond acceptors (Lipinski definition) is 5. The average Bonchev–Trinajstić information content (AvgIpc) is 2.74. The summed E-state index contributed by atoms with van der Waals surface area (Å²) >= 11 is 0. The van der Waals surface area contributed by atoms with Crippen LogP contribution in [-0.4, -0.2) is 64.5 Å². The summed E-state index contributed by atoms with van der Waals surface area (Å²) < 4.78 is 17.5. The molecule has 0 unspecified atom stereocenters. The molecule has 0 spiro atoms. The van der Waals surface area contributed by atoms with Gasteiger partial charge < -0.3 is 24.8 Å². The Morgan fingerprint density at radius 2 is 1.30 bits per heavy atom. The predicted octanol–water partition coefficient (Wildman–Crippen LogP) is 5.61. The number of carbonyl (C=O) groups is 2. The first kappa shape index (κ1) is 35.8. The Balaban J connectivity index is 4.20. The fourth-order valence-corrected chi connectivity index (χ4v) is 3.83. The Labute approximate surface area is 228 Å². The zero-order chi connectivity index (χ0) is 28.8. The van der Waals surface area contributed by atoms with E-state index in [0.29, 0.717) is 65.1 Å². The number of amides is 2. The van der Waals surface area contributed by atoms with Crippen LogP contribution in [0, 0.1) is 27.6 Å². The molecular formula is C30H60N2O5. The minimum absolute atomic E-state index is 0.0274. The van der Waals surface area contributed by atoms with Gasteiger partial charge in [0.1, 0.15) is 0 Å². The van der Waals surface area contributed by atoms with E-state index < -0.39 is 5.41 Å². The number of ether oxygens (including phenoxy) is 3. The van der Waals surface area contributed by atoms with Gasteiger partial charge in [0.15, 0.2) is 0 Å². The van der Waals surface area contributed by atoms with Gasteiger partial charge in [-0.3, -0.25) is 9.59 Å². The van der Waals surface area contributed by atoms with Gasteiger partial charge in [0.05, 0.1) is 38.4 Å². The zero-order valence-corrected chi connectivity index (χ0v) is 26.1. The van der Waals surface area contributed by atoms with Gasteiger partial charge in [0.2, 0.25) is 11.8 Å². The lowest BCUT2D eigenvalue weighted by atomic mass is 9.88. The molecule has 220 valence electrons. The smallest absolute Gasteiger partial charge is 0.228 e. The van der Waals surface area contributed by atoms with E-state index in [4.69, 9.17) is 14.2 Å². The summed E-state index contributed by atoms with van der Waals surface area (Å²) in [5.41, 5.74) is -0.852. The summed E-state index contributed by atoms with van der Waals surface area (Å²) in [6.45, 7) is 27.2. The van der Waals surface area contributed by atoms with Gasteiger partial charge in [-0.2, -0.15) is 0 Å². The quantitative estimate of drug-likeness (QED) is 0.189. The second-order valence-electron chi connectivity index (χ2n) is 14.1. The first-order valence-electron chi connectivity index (χ1n) is 14.2. The molecule has 0 bridgehead atoms. The Hall–Kier alpha value is -1.18. The average molecular weight is 529 g/mol. The van der Waals surface area contributed by atoms with Gasteiger partial charge >= 0.3 is 0 Å². The third-order valence-corrected chi connectivity index (χ3v) is 6.26. The van der Waals surface area contributed by atoms with Crippen molar-refractivity contribution in [1.82, 2.24) is 10.6 Å². The number of rotatable bonds is 21. The lowest BCUT2D eigenvalue weighted by molar-refractivity contribution is -0.133. The normalized spacial score (nSPS) is 13.2. The van der Waals surface area contributed by atoms with Crippen molar-refractivity contribution < 1.29 is 23.8 Å². The van der Waals surface area contributed by atoms with Crippen LogP contribution in [0.2, 0.25) is 0 Å². The summed E-state index contributed by atoms with van der Waals surface area (Å²) in [4.78, 5) is 25.1. The summed E-state index contributed by atoms with van der Waals surface area (Å²) in [6.07, 6.45) is 3.68. The van der Waals surface area contributed by atoms with E-state index in [-0.39, 0.29) is 28.1 Å². The molecule has 37 heavy (non-hydrogen) atoms. The van der Waals surface area contributed by atoms with Gasteiger partial charge in [-0.1, -0.05) is 68.7 Å². The first-order chi connectivity index (χ1) is 16.9. The molecule has 0 saturated carbocycles. The van der Waals surface area contributed by atoms with Gasteiger partial charge in [0, 0.05) is 31.5 Å². The molecule has 7 heteroatoms. The van der Waals surface area contributed by atoms with Gasteiger partial charge in [-0.05, 0) is 43.4 Å². The Kier molecular flexibility index (Phi) is 16.2. The van der Waals surface area contributed by atoms with Crippen molar-refractivity contribution in [3.63, 3.8) is 0 Å². The maximum atomic E-state index is 12.6. The third kappa shape index (κ3) is 18.7. The highest BCUT2D eigenvalue weighted by molar-refractivity contribution is 5.81. The van der Waals surface area contributed by atoms with Crippen molar-refractivity contribution in [3.8, 4) is 0 Å². The molecule has 0 aliphatic heterocycles. The van der Waals surface area contributed by atoms with E-state index in [2.05, 4.69) is 72.9 Å². The van der Waals surface area contributed by atoms with Gasteiger partial charge in [0.25, 0.3) is 0 Å². The van der Waals surface area contributed by atoms with E-state index in [1.54, 1.807) is 0 Å². The minimum Gasteiger partial charge on any atom is -0.380 e. The monoisotopic (exact) mass is 528 g/mol. The summed E-state index contributed by atoms with van der Waals surface area (Å²) in [5.74, 6) is 0.582. The molecule has 0 saturated heterocycles. The summed E-state index contributed by atoms with van der Waals surface area (Å²) in [7, 11) is 0. The molecule has 0 aliphatic rings. The molecule has 0 heterocycles. The van der Waals surface area contributed by atoms with Crippen LogP contribution >= 0.6 is 0 Å². The highest BCUT2D eigenvalue weighted by Gasteiger charge is 2.28. The van der Waals surface area contributed by atoms with Crippen LogP contribution in [0.1, 0.15) is 102 Å². The van der Waals surface area contributed by atoms with Crippen LogP contribution in [-0.2, 0) is 23.8 Å². The molecule has 0 atom stereocenters. The molecule has 7 nitrogen and oxygen atoms in total. The lowest BCUT2D eigenvalue weighted by Gasteiger charge is -2.29. The standard InChI is InChI=1S/C30H60N2O5/c1-12-14-27(4,5)20-37-21-28(6,7)18-25(33)32-19-29(8,9)22-36-17-15-31-26(34)30(10,11)23-35-16-13-24(2)3/h24H,12-23H2,1-11H3,(H,31,34)(H,32,33). The topological polar surface area (TPSA) is 85.9 Å². The van der Waals surface area contributed by atoms with Crippen molar-refractivity contribution in [2.45, 2.75) is 102 Å². The van der Waals surface area contributed by atoms with E-state index in [9.17, 15) is 9.59 Å². The van der Waals surface area contributed by atoms with Crippen LogP contribution < -0.4 is 10.6 Å². The molecule has 2 N–H and O–H groups in total. The molecule has 0 aromatic rings. The number of nitrogens with one attached hydrogen (secondary N) is 2. The molecule has 2 amide bonds. The fourth-order valence-electron chi connectivity index (χ4n) is 3.83. The van der Waals surface area contributed by atoms with E-state index >= 15 is 0 Å². The van der Waals surface area contributed by atoms with Gasteiger partial charge in [-0.15, -0.1) is 0 Å². The second-order valence-corrected chi connectivity index (χ2v) is 14.1. The Morgan fingerprint density at radius 3 is 1.89 bits per heavy atom. The molecular weight excluding hydrogens is 468 g/mol. The fraction of sp³-hybridized carbons (Fsp3) is 0.933. The second kappa shape index (κ2) is 16.7. The molecule has 0 radical (unpaired) electrons. The summed E-state index contributed by atoms with van der Waals surface area (Å²) in [5, 5.41) is 6.00. The van der Waals surface area contributed by atoms with Crippen molar-refractivity contribution in [2.24, 2.45) is 27.6 Å². The van der Waals surface area contributed by atoms with E-state index in [1.165, 1.54) is 0 Å². The van der Waals surface area contributed by atoms with Crippen LogP contribution in [0.25, 0.3) is 0 Å². The van der Waals surface area contributed by atoms with Crippen molar-refractivity contribution >= 4 is 11.8 Å². The molecule has 0 aromatic heterocycles. The van der Waals surface area contributed by atoms with Crippen LogP contribution in [0.5, 0.6) is 0 Å². The maximum Gasteiger partial charge on any atom is 0.228 e. The SMILES string of the molecule is CCCC(C)(C)COCC(C)(C)CC(=O)NCC(C)(C)COCCNC(=O)C(C)(C)COCCC(C)C. The van der Waals surface area contributed by atoms with Crippen LogP contribution in [0.3, 0.4) is 0 Å². The lowest BCUT2D eigenvalue weighted by Crippen LogP contribution is -2.42.